The van der Waals surface area contributed by atoms with Gasteiger partial charge in [-0.25, -0.2) is 0 Å². The van der Waals surface area contributed by atoms with Crippen LogP contribution in [0, 0.1) is 6.92 Å². The molecule has 0 fully saturated rings. The lowest BCUT2D eigenvalue weighted by Gasteiger charge is -2.13. The van der Waals surface area contributed by atoms with Crippen LogP contribution in [0.5, 0.6) is 0 Å². The van der Waals surface area contributed by atoms with Crippen LogP contribution in [0.1, 0.15) is 16.9 Å². The zero-order valence-corrected chi connectivity index (χ0v) is 8.11. The molecule has 1 aromatic rings. The van der Waals surface area contributed by atoms with Crippen molar-refractivity contribution in [1.29, 1.82) is 0 Å². The lowest BCUT2D eigenvalue weighted by molar-refractivity contribution is 0.359. The van der Waals surface area contributed by atoms with Crippen molar-refractivity contribution in [3.05, 3.63) is 35.4 Å². The number of aryl methyl sites for hydroxylation is 1. The summed E-state index contributed by atoms with van der Waals surface area (Å²) in [6.45, 7) is 1.84. The Morgan fingerprint density at radius 2 is 2.08 bits per heavy atom. The van der Waals surface area contributed by atoms with Crippen LogP contribution in [0.25, 0.3) is 0 Å². The second kappa shape index (κ2) is 3.60. The predicted octanol–water partition coefficient (Wildman–Crippen LogP) is 1.13. The van der Waals surface area contributed by atoms with E-state index in [0.29, 0.717) is 5.56 Å². The molecule has 0 radical (unpaired) electrons. The molecule has 0 aliphatic rings. The molecular formula is C8H12NO3P. The average Bonchev–Trinajstić information content (AvgIpc) is 2.01. The first-order valence-electron chi connectivity index (χ1n) is 3.78. The summed E-state index contributed by atoms with van der Waals surface area (Å²) in [4.78, 5) is 17.6. The molecule has 0 spiro atoms. The molecule has 0 aliphatic carbocycles. The molecule has 4 N–H and O–H groups in total. The van der Waals surface area contributed by atoms with E-state index < -0.39 is 13.4 Å². The Hall–Kier alpha value is -0.670. The smallest absolute Gasteiger partial charge is 0.323 e. The van der Waals surface area contributed by atoms with Crippen LogP contribution < -0.4 is 5.73 Å². The van der Waals surface area contributed by atoms with Gasteiger partial charge in [-0.15, -0.1) is 0 Å². The van der Waals surface area contributed by atoms with Crippen molar-refractivity contribution in [2.45, 2.75) is 12.7 Å². The molecule has 0 aromatic heterocycles. The lowest BCUT2D eigenvalue weighted by Crippen LogP contribution is -2.10. The third-order valence-electron chi connectivity index (χ3n) is 1.75. The summed E-state index contributed by atoms with van der Waals surface area (Å²) in [5.74, 6) is -1.22. The SMILES string of the molecule is Cc1cccc(C(N)P(=O)(O)O)c1. The van der Waals surface area contributed by atoms with Gasteiger partial charge in [0.25, 0.3) is 0 Å². The molecule has 0 amide bonds. The fourth-order valence-corrected chi connectivity index (χ4v) is 1.60. The maximum Gasteiger partial charge on any atom is 0.346 e. The quantitative estimate of drug-likeness (QED) is 0.626. The zero-order chi connectivity index (χ0) is 10.1. The Kier molecular flexibility index (Phi) is 2.88. The summed E-state index contributed by atoms with van der Waals surface area (Å²) in [5, 5.41) is 0. The Balaban J connectivity index is 3.02. The zero-order valence-electron chi connectivity index (χ0n) is 7.21. The molecular weight excluding hydrogens is 189 g/mol. The van der Waals surface area contributed by atoms with Gasteiger partial charge in [-0.05, 0) is 12.5 Å². The Morgan fingerprint density at radius 3 is 2.54 bits per heavy atom. The van der Waals surface area contributed by atoms with Crippen LogP contribution in [-0.2, 0) is 4.57 Å². The first-order valence-corrected chi connectivity index (χ1v) is 5.47. The predicted molar refractivity (Wildman–Crippen MR) is 50.2 cm³/mol. The van der Waals surface area contributed by atoms with E-state index in [1.807, 2.05) is 13.0 Å². The van der Waals surface area contributed by atoms with Crippen molar-refractivity contribution >= 4 is 7.60 Å². The number of benzene rings is 1. The van der Waals surface area contributed by atoms with Crippen LogP contribution in [0.2, 0.25) is 0 Å². The van der Waals surface area contributed by atoms with E-state index in [0.717, 1.165) is 5.56 Å². The van der Waals surface area contributed by atoms with Crippen LogP contribution in [0.3, 0.4) is 0 Å². The van der Waals surface area contributed by atoms with Gasteiger partial charge >= 0.3 is 7.60 Å². The number of hydrogen-bond acceptors (Lipinski definition) is 2. The van der Waals surface area contributed by atoms with Crippen LogP contribution in [-0.4, -0.2) is 9.79 Å². The summed E-state index contributed by atoms with van der Waals surface area (Å²) in [5.41, 5.74) is 6.78. The highest BCUT2D eigenvalue weighted by atomic mass is 31.2. The molecule has 1 unspecified atom stereocenters. The highest BCUT2D eigenvalue weighted by Gasteiger charge is 2.25. The summed E-state index contributed by atoms with van der Waals surface area (Å²) in [6.07, 6.45) is 0. The molecule has 72 valence electrons. The maximum absolute atomic E-state index is 10.8. The van der Waals surface area contributed by atoms with Gasteiger partial charge in [0.15, 0.2) is 0 Å². The maximum atomic E-state index is 10.8. The van der Waals surface area contributed by atoms with Crippen LogP contribution in [0.4, 0.5) is 0 Å². The Morgan fingerprint density at radius 1 is 1.46 bits per heavy atom. The molecule has 0 heterocycles. The van der Waals surface area contributed by atoms with Crippen LogP contribution >= 0.6 is 7.60 Å². The number of nitrogens with two attached hydrogens (primary N) is 1. The second-order valence-electron chi connectivity index (χ2n) is 2.95. The van der Waals surface area contributed by atoms with Crippen molar-refractivity contribution in [2.75, 3.05) is 0 Å². The van der Waals surface area contributed by atoms with E-state index in [1.165, 1.54) is 0 Å². The van der Waals surface area contributed by atoms with Gasteiger partial charge in [0, 0.05) is 0 Å². The fourth-order valence-electron chi connectivity index (χ4n) is 1.05. The van der Waals surface area contributed by atoms with Gasteiger partial charge in [0.1, 0.15) is 5.78 Å². The number of rotatable bonds is 2. The largest absolute Gasteiger partial charge is 0.346 e. The minimum absolute atomic E-state index is 0.466. The molecule has 0 aliphatic heterocycles. The van der Waals surface area contributed by atoms with Gasteiger partial charge in [-0.3, -0.25) is 4.57 Å². The molecule has 1 aromatic carbocycles. The first kappa shape index (κ1) is 10.4. The minimum atomic E-state index is -4.22. The van der Waals surface area contributed by atoms with Gasteiger partial charge < -0.3 is 15.5 Å². The standard InChI is InChI=1S/C8H12NO3P/c1-6-3-2-4-7(5-6)8(9)13(10,11)12/h2-5,8H,9H2,1H3,(H2,10,11,12). The first-order chi connectivity index (χ1) is 5.91. The minimum Gasteiger partial charge on any atom is -0.323 e. The van der Waals surface area contributed by atoms with E-state index in [4.69, 9.17) is 15.5 Å². The van der Waals surface area contributed by atoms with E-state index in [9.17, 15) is 4.57 Å². The fraction of sp³-hybridized carbons (Fsp3) is 0.250. The van der Waals surface area contributed by atoms with Gasteiger partial charge in [-0.1, -0.05) is 29.8 Å². The van der Waals surface area contributed by atoms with Gasteiger partial charge in [0.05, 0.1) is 0 Å². The third-order valence-corrected chi connectivity index (χ3v) is 2.77. The molecule has 5 heteroatoms. The third kappa shape index (κ3) is 2.64. The van der Waals surface area contributed by atoms with E-state index in [2.05, 4.69) is 0 Å². The summed E-state index contributed by atoms with van der Waals surface area (Å²) >= 11 is 0. The topological polar surface area (TPSA) is 83.6 Å². The monoisotopic (exact) mass is 201 g/mol. The van der Waals surface area contributed by atoms with Crippen molar-refractivity contribution in [3.63, 3.8) is 0 Å². The average molecular weight is 201 g/mol. The van der Waals surface area contributed by atoms with Crippen molar-refractivity contribution in [3.8, 4) is 0 Å². The molecule has 13 heavy (non-hydrogen) atoms. The van der Waals surface area contributed by atoms with Crippen molar-refractivity contribution < 1.29 is 14.4 Å². The summed E-state index contributed by atoms with van der Waals surface area (Å²) < 4.78 is 10.8. The molecule has 1 rings (SSSR count). The highest BCUT2D eigenvalue weighted by molar-refractivity contribution is 7.52. The second-order valence-corrected chi connectivity index (χ2v) is 4.68. The van der Waals surface area contributed by atoms with Gasteiger partial charge in [-0.2, -0.15) is 0 Å². The van der Waals surface area contributed by atoms with Crippen molar-refractivity contribution in [1.82, 2.24) is 0 Å². The molecule has 1 atom stereocenters. The normalized spacial score (nSPS) is 14.2. The van der Waals surface area contributed by atoms with E-state index >= 15 is 0 Å². The number of hydrogen-bond donors (Lipinski definition) is 3. The Bertz CT molecular complexity index is 347. The van der Waals surface area contributed by atoms with Gasteiger partial charge in [0.2, 0.25) is 0 Å². The van der Waals surface area contributed by atoms with Crippen LogP contribution in [0.15, 0.2) is 24.3 Å². The highest BCUT2D eigenvalue weighted by Crippen LogP contribution is 2.47. The lowest BCUT2D eigenvalue weighted by atomic mass is 10.1. The molecule has 0 bridgehead atoms. The summed E-state index contributed by atoms with van der Waals surface area (Å²) in [6, 6.07) is 6.84. The van der Waals surface area contributed by atoms with E-state index in [1.54, 1.807) is 18.2 Å². The van der Waals surface area contributed by atoms with E-state index in [-0.39, 0.29) is 0 Å². The summed E-state index contributed by atoms with van der Waals surface area (Å²) in [7, 11) is -4.22. The Labute approximate surface area is 76.6 Å². The molecule has 0 saturated heterocycles. The van der Waals surface area contributed by atoms with Crippen molar-refractivity contribution in [2.24, 2.45) is 5.73 Å². The molecule has 0 saturated carbocycles. The molecule has 4 nitrogen and oxygen atoms in total.